The second-order valence-corrected chi connectivity index (χ2v) is 8.58. The first kappa shape index (κ1) is 21.1. The quantitative estimate of drug-likeness (QED) is 0.612. The Hall–Kier alpha value is -1.19. The van der Waals surface area contributed by atoms with Crippen molar-refractivity contribution in [3.05, 3.63) is 24.3 Å². The molecule has 0 aromatic heterocycles. The summed E-state index contributed by atoms with van der Waals surface area (Å²) in [6.07, 6.45) is -0.131. The van der Waals surface area contributed by atoms with Gasteiger partial charge in [-0.2, -0.15) is 0 Å². The van der Waals surface area contributed by atoms with Crippen molar-refractivity contribution >= 4 is 10.0 Å². The Morgan fingerprint density at radius 1 is 1.27 bits per heavy atom. The standard InChI is InChI=1S/C18H30N2O5S/c1-15(2)13-20-8-9-24-17(14-20)12-19-26(21,22)18-6-4-16(5-7-18)25-11-10-23-3/h4-7,15,17,19H,8-14H2,1-3H3. The van der Waals surface area contributed by atoms with Crippen LogP contribution in [0.1, 0.15) is 13.8 Å². The van der Waals surface area contributed by atoms with Crippen LogP contribution < -0.4 is 9.46 Å². The SMILES string of the molecule is COCCOc1ccc(S(=O)(=O)NCC2CN(CC(C)C)CCO2)cc1. The van der Waals surface area contributed by atoms with Crippen molar-refractivity contribution in [3.63, 3.8) is 0 Å². The lowest BCUT2D eigenvalue weighted by Gasteiger charge is -2.33. The molecule has 1 heterocycles. The lowest BCUT2D eigenvalue weighted by Crippen LogP contribution is -2.48. The fourth-order valence-electron chi connectivity index (χ4n) is 2.83. The summed E-state index contributed by atoms with van der Waals surface area (Å²) in [5.41, 5.74) is 0. The average Bonchev–Trinajstić information content (AvgIpc) is 2.61. The maximum Gasteiger partial charge on any atom is 0.240 e. The molecule has 1 unspecified atom stereocenters. The molecule has 2 rings (SSSR count). The predicted octanol–water partition coefficient (Wildman–Crippen LogP) is 1.35. The molecule has 0 amide bonds. The molecular formula is C18H30N2O5S. The molecule has 1 saturated heterocycles. The van der Waals surface area contributed by atoms with E-state index in [1.165, 1.54) is 12.1 Å². The predicted molar refractivity (Wildman–Crippen MR) is 100 cm³/mol. The van der Waals surface area contributed by atoms with Gasteiger partial charge in [-0.05, 0) is 30.2 Å². The molecule has 1 aliphatic heterocycles. The molecule has 148 valence electrons. The van der Waals surface area contributed by atoms with Gasteiger partial charge < -0.3 is 14.2 Å². The van der Waals surface area contributed by atoms with Crippen LogP contribution in [0.5, 0.6) is 5.75 Å². The summed E-state index contributed by atoms with van der Waals surface area (Å²) in [6, 6.07) is 6.37. The second-order valence-electron chi connectivity index (χ2n) is 6.81. The van der Waals surface area contributed by atoms with Crippen LogP contribution >= 0.6 is 0 Å². The molecular weight excluding hydrogens is 356 g/mol. The molecule has 0 radical (unpaired) electrons. The van der Waals surface area contributed by atoms with Crippen LogP contribution in [0.3, 0.4) is 0 Å². The highest BCUT2D eigenvalue weighted by Crippen LogP contribution is 2.16. The van der Waals surface area contributed by atoms with Gasteiger partial charge in [0.1, 0.15) is 12.4 Å². The fourth-order valence-corrected chi connectivity index (χ4v) is 3.90. The van der Waals surface area contributed by atoms with Crippen molar-refractivity contribution in [3.8, 4) is 5.75 Å². The molecule has 1 N–H and O–H groups in total. The molecule has 26 heavy (non-hydrogen) atoms. The monoisotopic (exact) mass is 386 g/mol. The number of morpholine rings is 1. The Balaban J connectivity index is 1.86. The first-order valence-corrected chi connectivity index (χ1v) is 10.4. The zero-order valence-electron chi connectivity index (χ0n) is 15.8. The van der Waals surface area contributed by atoms with Crippen LogP contribution in [0, 0.1) is 5.92 Å². The van der Waals surface area contributed by atoms with Crippen LogP contribution in [-0.4, -0.2) is 72.5 Å². The van der Waals surface area contributed by atoms with Gasteiger partial charge in [0.2, 0.25) is 10.0 Å². The number of ether oxygens (including phenoxy) is 3. The van der Waals surface area contributed by atoms with E-state index in [0.717, 1.165) is 19.6 Å². The molecule has 1 aromatic carbocycles. The first-order chi connectivity index (χ1) is 12.4. The van der Waals surface area contributed by atoms with E-state index in [-0.39, 0.29) is 17.5 Å². The summed E-state index contributed by atoms with van der Waals surface area (Å²) in [4.78, 5) is 2.53. The van der Waals surface area contributed by atoms with Crippen molar-refractivity contribution in [2.45, 2.75) is 24.8 Å². The van der Waals surface area contributed by atoms with Crippen molar-refractivity contribution in [2.24, 2.45) is 5.92 Å². The summed E-state index contributed by atoms with van der Waals surface area (Å²) < 4.78 is 43.6. The topological polar surface area (TPSA) is 77.1 Å². The minimum atomic E-state index is -3.57. The van der Waals surface area contributed by atoms with Gasteiger partial charge in [-0.1, -0.05) is 13.8 Å². The van der Waals surface area contributed by atoms with Crippen LogP contribution in [0.25, 0.3) is 0 Å². The largest absolute Gasteiger partial charge is 0.491 e. The number of nitrogens with zero attached hydrogens (tertiary/aromatic N) is 1. The van der Waals surface area contributed by atoms with E-state index >= 15 is 0 Å². The number of sulfonamides is 1. The number of nitrogens with one attached hydrogen (secondary N) is 1. The lowest BCUT2D eigenvalue weighted by molar-refractivity contribution is -0.0280. The number of methoxy groups -OCH3 is 1. The van der Waals surface area contributed by atoms with E-state index < -0.39 is 10.0 Å². The smallest absolute Gasteiger partial charge is 0.240 e. The maximum atomic E-state index is 12.5. The Kier molecular flexibility index (Phi) is 8.30. The number of hydrogen-bond donors (Lipinski definition) is 1. The summed E-state index contributed by atoms with van der Waals surface area (Å²) in [6.45, 7) is 8.79. The Morgan fingerprint density at radius 3 is 2.65 bits per heavy atom. The van der Waals surface area contributed by atoms with E-state index in [1.54, 1.807) is 19.2 Å². The fraction of sp³-hybridized carbons (Fsp3) is 0.667. The van der Waals surface area contributed by atoms with E-state index in [1.807, 2.05) is 0 Å². The minimum absolute atomic E-state index is 0.131. The van der Waals surface area contributed by atoms with E-state index in [4.69, 9.17) is 14.2 Å². The zero-order valence-corrected chi connectivity index (χ0v) is 16.6. The molecule has 0 spiro atoms. The summed E-state index contributed by atoms with van der Waals surface area (Å²) in [5.74, 6) is 1.19. The highest BCUT2D eigenvalue weighted by atomic mass is 32.2. The van der Waals surface area contributed by atoms with Crippen molar-refractivity contribution in [2.75, 3.05) is 53.1 Å². The summed E-state index contributed by atoms with van der Waals surface area (Å²) >= 11 is 0. The van der Waals surface area contributed by atoms with Crippen molar-refractivity contribution in [1.29, 1.82) is 0 Å². The molecule has 7 nitrogen and oxygen atoms in total. The third-order valence-electron chi connectivity index (χ3n) is 4.04. The first-order valence-electron chi connectivity index (χ1n) is 8.96. The van der Waals surface area contributed by atoms with Crippen molar-refractivity contribution < 1.29 is 22.6 Å². The molecule has 1 aromatic rings. The van der Waals surface area contributed by atoms with Crippen molar-refractivity contribution in [1.82, 2.24) is 9.62 Å². The van der Waals surface area contributed by atoms with Crippen LogP contribution in [0.2, 0.25) is 0 Å². The van der Waals surface area contributed by atoms with Gasteiger partial charge in [-0.15, -0.1) is 0 Å². The molecule has 1 aliphatic rings. The maximum absolute atomic E-state index is 12.5. The summed E-state index contributed by atoms with van der Waals surface area (Å²) in [7, 11) is -1.97. The highest BCUT2D eigenvalue weighted by molar-refractivity contribution is 7.89. The highest BCUT2D eigenvalue weighted by Gasteiger charge is 2.23. The Labute approximate surface area is 156 Å². The van der Waals surface area contributed by atoms with E-state index in [9.17, 15) is 8.42 Å². The minimum Gasteiger partial charge on any atom is -0.491 e. The summed E-state index contributed by atoms with van der Waals surface area (Å²) in [5, 5.41) is 0. The Morgan fingerprint density at radius 2 is 2.00 bits per heavy atom. The van der Waals surface area contributed by atoms with E-state index in [0.29, 0.717) is 31.5 Å². The van der Waals surface area contributed by atoms with Crippen LogP contribution in [0.15, 0.2) is 29.2 Å². The van der Waals surface area contributed by atoms with Gasteiger partial charge in [0.05, 0.1) is 24.2 Å². The van der Waals surface area contributed by atoms with Crippen LogP contribution in [-0.2, 0) is 19.5 Å². The normalized spacial score (nSPS) is 19.0. The molecule has 1 atom stereocenters. The molecule has 0 saturated carbocycles. The van der Waals surface area contributed by atoms with Gasteiger partial charge in [0.25, 0.3) is 0 Å². The number of hydrogen-bond acceptors (Lipinski definition) is 6. The molecule has 8 heteroatoms. The third kappa shape index (κ3) is 6.85. The molecule has 0 aliphatic carbocycles. The zero-order chi connectivity index (χ0) is 19.0. The number of rotatable bonds is 10. The van der Waals surface area contributed by atoms with Gasteiger partial charge in [0.15, 0.2) is 0 Å². The number of benzene rings is 1. The Bertz CT molecular complexity index is 633. The lowest BCUT2D eigenvalue weighted by atomic mass is 10.2. The van der Waals surface area contributed by atoms with E-state index in [2.05, 4.69) is 23.5 Å². The van der Waals surface area contributed by atoms with Gasteiger partial charge in [-0.3, -0.25) is 4.90 Å². The molecule has 0 bridgehead atoms. The average molecular weight is 387 g/mol. The van der Waals surface area contributed by atoms with Gasteiger partial charge in [-0.25, -0.2) is 13.1 Å². The third-order valence-corrected chi connectivity index (χ3v) is 5.48. The van der Waals surface area contributed by atoms with Gasteiger partial charge in [0, 0.05) is 33.3 Å². The van der Waals surface area contributed by atoms with Crippen LogP contribution in [0.4, 0.5) is 0 Å². The van der Waals surface area contributed by atoms with Gasteiger partial charge >= 0.3 is 0 Å². The molecule has 1 fully saturated rings. The second kappa shape index (κ2) is 10.2.